The maximum Gasteiger partial charge on any atom is 0.460 e. The van der Waals surface area contributed by atoms with Crippen molar-refractivity contribution in [1.29, 1.82) is 0 Å². The number of hydrogen-bond donors (Lipinski definition) is 0. The van der Waals surface area contributed by atoms with Crippen molar-refractivity contribution >= 4 is 33.2 Å². The molecule has 0 aliphatic carbocycles. The van der Waals surface area contributed by atoms with Crippen molar-refractivity contribution in [3.63, 3.8) is 0 Å². The summed E-state index contributed by atoms with van der Waals surface area (Å²) in [6.07, 6.45) is -8.40. The number of rotatable bonds is 6. The quantitative estimate of drug-likeness (QED) is 0.410. The van der Waals surface area contributed by atoms with E-state index in [1.54, 1.807) is 0 Å². The molecule has 0 N–H and O–H groups in total. The summed E-state index contributed by atoms with van der Waals surface area (Å²) in [4.78, 5) is 22.6. The molecule has 0 spiro atoms. The lowest BCUT2D eigenvalue weighted by Crippen LogP contribution is -2.69. The number of nitrogens with zero attached hydrogens (tertiary/aromatic N) is 4. The summed E-state index contributed by atoms with van der Waals surface area (Å²) in [5.41, 5.74) is -1.95. The normalized spacial score (nSPS) is 14.4. The molecule has 0 fully saturated rings. The van der Waals surface area contributed by atoms with Crippen LogP contribution in [0.5, 0.6) is 0 Å². The first-order valence-corrected chi connectivity index (χ1v) is 9.14. The van der Waals surface area contributed by atoms with E-state index < -0.39 is 63.6 Å². The molecule has 0 atom stereocenters. The van der Waals surface area contributed by atoms with Gasteiger partial charge in [0.25, 0.3) is 0 Å². The van der Waals surface area contributed by atoms with E-state index in [0.717, 1.165) is 20.3 Å². The maximum atomic E-state index is 14.7. The van der Waals surface area contributed by atoms with Crippen LogP contribution in [0.25, 0.3) is 11.2 Å². The van der Waals surface area contributed by atoms with Gasteiger partial charge in [-0.05, 0) is 22.0 Å². The van der Waals surface area contributed by atoms with E-state index in [0.29, 0.717) is 11.0 Å². The highest BCUT2D eigenvalue weighted by molar-refractivity contribution is 9.10. The Kier molecular flexibility index (Phi) is 6.77. The molecule has 0 saturated carbocycles. The average molecular weight is 603 g/mol. The van der Waals surface area contributed by atoms with Crippen molar-refractivity contribution in [3.8, 4) is 0 Å². The van der Waals surface area contributed by atoms with Crippen LogP contribution in [0.3, 0.4) is 0 Å². The molecular weight excluding hydrogens is 595 g/mol. The fourth-order valence-corrected chi connectivity index (χ4v) is 2.60. The summed E-state index contributed by atoms with van der Waals surface area (Å²) >= 11 is 2.76. The molecule has 0 radical (unpaired) electrons. The number of halogens is 14. The molecule has 0 aromatic carbocycles. The van der Waals surface area contributed by atoms with Crippen molar-refractivity contribution in [2.45, 2.75) is 35.8 Å². The molecular formula is C15H8BrF13N4O2. The lowest BCUT2D eigenvalue weighted by atomic mass is 9.93. The van der Waals surface area contributed by atoms with E-state index in [-0.39, 0.29) is 4.47 Å². The molecule has 2 rings (SSSR count). The fourth-order valence-electron chi connectivity index (χ4n) is 2.28. The Bertz CT molecular complexity index is 1130. The Hall–Kier alpha value is -2.54. The van der Waals surface area contributed by atoms with Gasteiger partial charge in [-0.2, -0.15) is 57.1 Å². The standard InChI is InChI=1S/C15H8BrF13N4O2/c1-32(2)9(34)35-33-6-3-5(16)4-30-7(6)31-8(33)10(17,18)11(19,20)12(21,22)13(23,24)14(25,26)15(27,28)29/h3-4H,1-2H3. The minimum atomic E-state index is -8.09. The topological polar surface area (TPSA) is 60.2 Å². The van der Waals surface area contributed by atoms with Gasteiger partial charge in [0.2, 0.25) is 5.82 Å². The molecule has 0 aliphatic heterocycles. The first kappa shape index (κ1) is 28.7. The van der Waals surface area contributed by atoms with E-state index in [9.17, 15) is 61.9 Å². The van der Waals surface area contributed by atoms with Crippen molar-refractivity contribution in [2.75, 3.05) is 14.1 Å². The number of aromatic nitrogens is 3. The van der Waals surface area contributed by atoms with Crippen molar-refractivity contribution in [3.05, 3.63) is 22.6 Å². The van der Waals surface area contributed by atoms with Crippen LogP contribution in [0, 0.1) is 0 Å². The zero-order chi connectivity index (χ0) is 27.6. The van der Waals surface area contributed by atoms with Gasteiger partial charge in [-0.25, -0.2) is 14.8 Å². The Morgan fingerprint density at radius 3 is 1.83 bits per heavy atom. The Balaban J connectivity index is 2.80. The monoisotopic (exact) mass is 602 g/mol. The predicted molar refractivity (Wildman–Crippen MR) is 90.6 cm³/mol. The van der Waals surface area contributed by atoms with E-state index in [1.807, 2.05) is 0 Å². The SMILES string of the molecule is CN(C)C(=O)On1c(C(F)(F)C(F)(F)C(F)(F)C(F)(F)C(F)(F)C(F)(F)F)nc2ncc(Br)cc21. The predicted octanol–water partition coefficient (Wildman–Crippen LogP) is 5.50. The Labute approximate surface area is 192 Å². The third-order valence-corrected chi connectivity index (χ3v) is 4.62. The smallest absolute Gasteiger partial charge is 0.315 e. The van der Waals surface area contributed by atoms with Gasteiger partial charge in [0.1, 0.15) is 5.52 Å². The van der Waals surface area contributed by atoms with Gasteiger partial charge in [0, 0.05) is 24.8 Å². The Morgan fingerprint density at radius 1 is 0.886 bits per heavy atom. The molecule has 0 saturated heterocycles. The fraction of sp³-hybridized carbons (Fsp3) is 0.533. The second kappa shape index (κ2) is 8.26. The minimum Gasteiger partial charge on any atom is -0.315 e. The lowest BCUT2D eigenvalue weighted by Gasteiger charge is -2.39. The summed E-state index contributed by atoms with van der Waals surface area (Å²) in [6.45, 7) is 0. The second-order valence-corrected chi connectivity index (χ2v) is 7.76. The van der Waals surface area contributed by atoms with Gasteiger partial charge in [-0.3, -0.25) is 0 Å². The maximum absolute atomic E-state index is 14.7. The molecule has 198 valence electrons. The van der Waals surface area contributed by atoms with Crippen molar-refractivity contribution in [1.82, 2.24) is 19.6 Å². The van der Waals surface area contributed by atoms with Crippen molar-refractivity contribution in [2.24, 2.45) is 0 Å². The highest BCUT2D eigenvalue weighted by Crippen LogP contribution is 2.62. The molecule has 6 nitrogen and oxygen atoms in total. The molecule has 2 aromatic heterocycles. The molecule has 1 amide bonds. The van der Waals surface area contributed by atoms with Crippen LogP contribution in [-0.2, 0) is 5.92 Å². The van der Waals surface area contributed by atoms with E-state index in [4.69, 9.17) is 0 Å². The number of imidazole rings is 1. The summed E-state index contributed by atoms with van der Waals surface area (Å²) in [5.74, 6) is -41.2. The van der Waals surface area contributed by atoms with Gasteiger partial charge in [0.05, 0.1) is 0 Å². The van der Waals surface area contributed by atoms with Crippen LogP contribution < -0.4 is 4.84 Å². The third-order valence-electron chi connectivity index (χ3n) is 4.19. The molecule has 2 heterocycles. The zero-order valence-electron chi connectivity index (χ0n) is 16.6. The third kappa shape index (κ3) is 4.11. The number of amides is 1. The molecule has 0 bridgehead atoms. The number of carbonyl (C=O) groups excluding carboxylic acids is 1. The summed E-state index contributed by atoms with van der Waals surface area (Å²) in [5, 5.41) is 0. The van der Waals surface area contributed by atoms with E-state index in [1.165, 1.54) is 0 Å². The van der Waals surface area contributed by atoms with Crippen LogP contribution in [-0.4, -0.2) is 69.7 Å². The summed E-state index contributed by atoms with van der Waals surface area (Å²) in [7, 11) is 1.85. The highest BCUT2D eigenvalue weighted by Gasteiger charge is 2.91. The molecule has 20 heteroatoms. The van der Waals surface area contributed by atoms with Crippen LogP contribution in [0.2, 0.25) is 0 Å². The summed E-state index contributed by atoms with van der Waals surface area (Å²) < 4.78 is 175. The first-order chi connectivity index (χ1) is 15.4. The molecule has 2 aromatic rings. The number of hydrogen-bond acceptors (Lipinski definition) is 4. The van der Waals surface area contributed by atoms with Gasteiger partial charge in [-0.15, -0.1) is 4.73 Å². The van der Waals surface area contributed by atoms with Crippen molar-refractivity contribution < 1.29 is 66.7 Å². The van der Waals surface area contributed by atoms with Crippen LogP contribution >= 0.6 is 15.9 Å². The Morgan fingerprint density at radius 2 is 1.37 bits per heavy atom. The van der Waals surface area contributed by atoms with Gasteiger partial charge >= 0.3 is 41.9 Å². The van der Waals surface area contributed by atoms with E-state index in [2.05, 4.69) is 30.7 Å². The van der Waals surface area contributed by atoms with Gasteiger partial charge in [-0.1, -0.05) is 0 Å². The zero-order valence-corrected chi connectivity index (χ0v) is 18.1. The van der Waals surface area contributed by atoms with E-state index >= 15 is 0 Å². The second-order valence-electron chi connectivity index (χ2n) is 6.85. The minimum absolute atomic E-state index is 0.129. The number of carbonyl (C=O) groups is 1. The van der Waals surface area contributed by atoms with Crippen LogP contribution in [0.15, 0.2) is 16.7 Å². The molecule has 0 unspecified atom stereocenters. The average Bonchev–Trinajstić information content (AvgIpc) is 3.04. The number of fused-ring (bicyclic) bond motifs is 1. The van der Waals surface area contributed by atoms with Gasteiger partial charge in [0.15, 0.2) is 5.65 Å². The molecule has 35 heavy (non-hydrogen) atoms. The van der Waals surface area contributed by atoms with Crippen LogP contribution in [0.1, 0.15) is 5.82 Å². The number of pyridine rings is 1. The largest absolute Gasteiger partial charge is 0.460 e. The van der Waals surface area contributed by atoms with Gasteiger partial charge < -0.3 is 9.74 Å². The highest BCUT2D eigenvalue weighted by atomic mass is 79.9. The lowest BCUT2D eigenvalue weighted by molar-refractivity contribution is -0.442. The van der Waals surface area contributed by atoms with Crippen LogP contribution in [0.4, 0.5) is 61.9 Å². The first-order valence-electron chi connectivity index (χ1n) is 8.35. The number of alkyl halides is 13. The molecule has 0 aliphatic rings. The summed E-state index contributed by atoms with van der Waals surface area (Å²) in [6, 6.07) is 0.709.